The smallest absolute Gasteiger partial charge is 0.148 e. The zero-order valence-electron chi connectivity index (χ0n) is 7.92. The molecule has 1 aromatic heterocycles. The third kappa shape index (κ3) is 1.74. The van der Waals surface area contributed by atoms with Crippen molar-refractivity contribution in [2.75, 3.05) is 5.73 Å². The van der Waals surface area contributed by atoms with E-state index in [2.05, 4.69) is 21.1 Å². The van der Waals surface area contributed by atoms with Gasteiger partial charge in [-0.15, -0.1) is 0 Å². The van der Waals surface area contributed by atoms with Gasteiger partial charge in [-0.2, -0.15) is 0 Å². The Morgan fingerprint density at radius 2 is 2.20 bits per heavy atom. The predicted molar refractivity (Wildman–Crippen MR) is 58.7 cm³/mol. The van der Waals surface area contributed by atoms with Crippen LogP contribution in [0.15, 0.2) is 27.2 Å². The van der Waals surface area contributed by atoms with Gasteiger partial charge in [0.25, 0.3) is 0 Å². The minimum Gasteiger partial charge on any atom is -0.399 e. The van der Waals surface area contributed by atoms with E-state index in [4.69, 9.17) is 10.3 Å². The van der Waals surface area contributed by atoms with Gasteiger partial charge in [0.05, 0.1) is 4.47 Å². The number of nitrogens with zero attached hydrogens (tertiary/aromatic N) is 1. The SMILES string of the molecule is Cc1onc(-c2cc(N)ccc2F)c1Br. The van der Waals surface area contributed by atoms with E-state index >= 15 is 0 Å². The van der Waals surface area contributed by atoms with E-state index in [0.717, 1.165) is 0 Å². The number of rotatable bonds is 1. The lowest BCUT2D eigenvalue weighted by molar-refractivity contribution is 0.398. The van der Waals surface area contributed by atoms with Crippen LogP contribution in [0.2, 0.25) is 0 Å². The van der Waals surface area contributed by atoms with Crippen LogP contribution in [0.25, 0.3) is 11.3 Å². The third-order valence-corrected chi connectivity index (χ3v) is 2.97. The Kier molecular flexibility index (Phi) is 2.48. The Morgan fingerprint density at radius 3 is 2.80 bits per heavy atom. The van der Waals surface area contributed by atoms with Crippen LogP contribution in [-0.4, -0.2) is 5.16 Å². The fraction of sp³-hybridized carbons (Fsp3) is 0.100. The van der Waals surface area contributed by atoms with Crippen molar-refractivity contribution in [2.45, 2.75) is 6.92 Å². The molecule has 2 rings (SSSR count). The molecule has 0 bridgehead atoms. The Hall–Kier alpha value is -1.36. The van der Waals surface area contributed by atoms with E-state index in [-0.39, 0.29) is 5.82 Å². The van der Waals surface area contributed by atoms with Crippen LogP contribution in [-0.2, 0) is 0 Å². The molecule has 0 unspecified atom stereocenters. The normalized spacial score (nSPS) is 10.6. The zero-order chi connectivity index (χ0) is 11.0. The molecule has 0 fully saturated rings. The first-order chi connectivity index (χ1) is 7.09. The van der Waals surface area contributed by atoms with Crippen LogP contribution >= 0.6 is 15.9 Å². The number of nitrogen functional groups attached to an aromatic ring is 1. The highest BCUT2D eigenvalue weighted by molar-refractivity contribution is 9.10. The van der Waals surface area contributed by atoms with Crippen molar-refractivity contribution in [2.24, 2.45) is 0 Å². The van der Waals surface area contributed by atoms with E-state index in [9.17, 15) is 4.39 Å². The zero-order valence-corrected chi connectivity index (χ0v) is 9.51. The summed E-state index contributed by atoms with van der Waals surface area (Å²) in [5.41, 5.74) is 6.83. The molecular formula is C10H8BrFN2O. The topological polar surface area (TPSA) is 52.0 Å². The minimum atomic E-state index is -0.377. The van der Waals surface area contributed by atoms with Gasteiger partial charge in [0.2, 0.25) is 0 Å². The van der Waals surface area contributed by atoms with Crippen LogP contribution in [0.4, 0.5) is 10.1 Å². The largest absolute Gasteiger partial charge is 0.399 e. The lowest BCUT2D eigenvalue weighted by Gasteiger charge is -2.00. The van der Waals surface area contributed by atoms with Crippen molar-refractivity contribution in [3.8, 4) is 11.3 Å². The molecule has 0 amide bonds. The highest BCUT2D eigenvalue weighted by atomic mass is 79.9. The van der Waals surface area contributed by atoms with Crippen molar-refractivity contribution in [1.29, 1.82) is 0 Å². The second-order valence-corrected chi connectivity index (χ2v) is 3.93. The molecule has 0 aliphatic heterocycles. The standard InChI is InChI=1S/C10H8BrFN2O/c1-5-9(11)10(14-15-5)7-4-6(13)2-3-8(7)12/h2-4H,13H2,1H3. The molecule has 5 heteroatoms. The Balaban J connectivity index is 2.63. The van der Waals surface area contributed by atoms with Crippen molar-refractivity contribution in [1.82, 2.24) is 5.16 Å². The first kappa shape index (κ1) is 10.2. The van der Waals surface area contributed by atoms with Crippen LogP contribution in [0, 0.1) is 12.7 Å². The van der Waals surface area contributed by atoms with E-state index in [1.807, 2.05) is 0 Å². The fourth-order valence-corrected chi connectivity index (χ4v) is 1.61. The molecule has 2 aromatic rings. The Morgan fingerprint density at radius 1 is 1.47 bits per heavy atom. The lowest BCUT2D eigenvalue weighted by atomic mass is 10.1. The Bertz CT molecular complexity index is 510. The van der Waals surface area contributed by atoms with Gasteiger partial charge in [-0.1, -0.05) is 5.16 Å². The molecule has 0 aliphatic carbocycles. The minimum absolute atomic E-state index is 0.332. The summed E-state index contributed by atoms with van der Waals surface area (Å²) in [6.07, 6.45) is 0. The maximum atomic E-state index is 13.5. The number of hydrogen-bond acceptors (Lipinski definition) is 3. The summed E-state index contributed by atoms with van der Waals surface area (Å²) >= 11 is 3.28. The second kappa shape index (κ2) is 3.66. The van der Waals surface area contributed by atoms with E-state index < -0.39 is 0 Å². The third-order valence-electron chi connectivity index (χ3n) is 2.04. The molecule has 0 saturated heterocycles. The summed E-state index contributed by atoms with van der Waals surface area (Å²) in [4.78, 5) is 0. The first-order valence-electron chi connectivity index (χ1n) is 4.26. The quantitative estimate of drug-likeness (QED) is 0.810. The van der Waals surface area contributed by atoms with Crippen LogP contribution in [0.5, 0.6) is 0 Å². The van der Waals surface area contributed by atoms with Gasteiger partial charge in [0.15, 0.2) is 0 Å². The molecule has 15 heavy (non-hydrogen) atoms. The molecule has 1 aromatic carbocycles. The van der Waals surface area contributed by atoms with Crippen LogP contribution < -0.4 is 5.73 Å². The van der Waals surface area contributed by atoms with E-state index in [0.29, 0.717) is 27.2 Å². The molecular weight excluding hydrogens is 263 g/mol. The summed E-state index contributed by atoms with van der Waals surface area (Å²) in [6.45, 7) is 1.74. The molecule has 0 aliphatic rings. The summed E-state index contributed by atoms with van der Waals surface area (Å²) < 4.78 is 19.1. The molecule has 2 N–H and O–H groups in total. The number of aromatic nitrogens is 1. The number of aryl methyl sites for hydroxylation is 1. The highest BCUT2D eigenvalue weighted by Gasteiger charge is 2.15. The molecule has 0 atom stereocenters. The molecule has 0 radical (unpaired) electrons. The maximum absolute atomic E-state index is 13.5. The molecule has 78 valence electrons. The number of halogens is 2. The monoisotopic (exact) mass is 270 g/mol. The van der Waals surface area contributed by atoms with Gasteiger partial charge < -0.3 is 10.3 Å². The molecule has 0 spiro atoms. The van der Waals surface area contributed by atoms with Gasteiger partial charge >= 0.3 is 0 Å². The predicted octanol–water partition coefficient (Wildman–Crippen LogP) is 3.13. The highest BCUT2D eigenvalue weighted by Crippen LogP contribution is 2.32. The summed E-state index contributed by atoms with van der Waals surface area (Å²) in [6, 6.07) is 4.33. The average Bonchev–Trinajstić information content (AvgIpc) is 2.52. The molecule has 1 heterocycles. The van der Waals surface area contributed by atoms with Gasteiger partial charge in [-0.25, -0.2) is 4.39 Å². The van der Waals surface area contributed by atoms with Crippen molar-refractivity contribution >= 4 is 21.6 Å². The molecule has 3 nitrogen and oxygen atoms in total. The summed E-state index contributed by atoms with van der Waals surface area (Å²) in [7, 11) is 0. The number of nitrogens with two attached hydrogens (primary N) is 1. The fourth-order valence-electron chi connectivity index (χ4n) is 1.25. The summed E-state index contributed by atoms with van der Waals surface area (Å²) in [5, 5.41) is 3.77. The van der Waals surface area contributed by atoms with Gasteiger partial charge in [0.1, 0.15) is 17.3 Å². The van der Waals surface area contributed by atoms with Crippen molar-refractivity contribution in [3.05, 3.63) is 34.2 Å². The van der Waals surface area contributed by atoms with Gasteiger partial charge in [-0.05, 0) is 41.1 Å². The number of hydrogen-bond donors (Lipinski definition) is 1. The van der Waals surface area contributed by atoms with Crippen LogP contribution in [0.3, 0.4) is 0 Å². The van der Waals surface area contributed by atoms with Crippen molar-refractivity contribution < 1.29 is 8.91 Å². The average molecular weight is 271 g/mol. The second-order valence-electron chi connectivity index (χ2n) is 3.14. The first-order valence-corrected chi connectivity index (χ1v) is 5.06. The maximum Gasteiger partial charge on any atom is 0.148 e. The van der Waals surface area contributed by atoms with Crippen molar-refractivity contribution in [3.63, 3.8) is 0 Å². The molecule has 0 saturated carbocycles. The number of anilines is 1. The van der Waals surface area contributed by atoms with E-state index in [1.54, 1.807) is 6.92 Å². The van der Waals surface area contributed by atoms with E-state index in [1.165, 1.54) is 18.2 Å². The van der Waals surface area contributed by atoms with Gasteiger partial charge in [-0.3, -0.25) is 0 Å². The van der Waals surface area contributed by atoms with Gasteiger partial charge in [0, 0.05) is 11.3 Å². The number of benzene rings is 1. The summed E-state index contributed by atoms with van der Waals surface area (Å²) in [5.74, 6) is 0.227. The lowest BCUT2D eigenvalue weighted by Crippen LogP contribution is -1.90. The van der Waals surface area contributed by atoms with Crippen LogP contribution in [0.1, 0.15) is 5.76 Å². The Labute approximate surface area is 94.2 Å².